The number of carboxylic acids is 1. The Morgan fingerprint density at radius 3 is 1.94 bits per heavy atom. The minimum absolute atomic E-state index is 0. The Bertz CT molecular complexity index is 448. The van der Waals surface area contributed by atoms with Crippen LogP contribution in [0.3, 0.4) is 0 Å². The van der Waals surface area contributed by atoms with Gasteiger partial charge in [-0.25, -0.2) is 13.2 Å². The number of hydrogen-bond donors (Lipinski definition) is 2. The van der Waals surface area contributed by atoms with Gasteiger partial charge in [0.25, 0.3) is 10.0 Å². The van der Waals surface area contributed by atoms with Crippen molar-refractivity contribution in [2.75, 3.05) is 0 Å². The van der Waals surface area contributed by atoms with Gasteiger partial charge in [0, 0.05) is 0 Å². The second-order valence-electron chi connectivity index (χ2n) is 2.41. The van der Waals surface area contributed by atoms with Crippen LogP contribution in [0.15, 0.2) is 29.2 Å². The Labute approximate surface area is 142 Å². The maximum absolute atomic E-state index is 11.1. The molecule has 0 aromatic heterocycles. The van der Waals surface area contributed by atoms with E-state index in [1.807, 2.05) is 0 Å². The van der Waals surface area contributed by atoms with Gasteiger partial charge in [0.2, 0.25) is 0 Å². The molecule has 0 unspecified atom stereocenters. The molecule has 16 heavy (non-hydrogen) atoms. The van der Waals surface area contributed by atoms with E-state index in [0.29, 0.717) is 0 Å². The first kappa shape index (κ1) is 19.2. The van der Waals surface area contributed by atoms with E-state index in [1.165, 1.54) is 12.1 Å². The van der Waals surface area contributed by atoms with Crippen LogP contribution in [-0.2, 0) is 10.0 Å². The molecule has 0 bridgehead atoms. The molecule has 80 valence electrons. The zero-order chi connectivity index (χ0) is 10.8. The topological polar surface area (TPSA) is 83.5 Å². The summed E-state index contributed by atoms with van der Waals surface area (Å²) in [5, 5.41) is 8.54. The zero-order valence-electron chi connectivity index (χ0n) is 6.77. The van der Waals surface area contributed by atoms with Crippen molar-refractivity contribution < 1.29 is 18.3 Å². The molecule has 0 aliphatic rings. The third kappa shape index (κ3) is 5.03. The molecule has 0 radical (unpaired) electrons. The van der Waals surface area contributed by atoms with Crippen molar-refractivity contribution in [3.63, 3.8) is 0 Å². The third-order valence-electron chi connectivity index (χ3n) is 1.51. The van der Waals surface area contributed by atoms with Crippen LogP contribution in [0.2, 0.25) is 0 Å². The molecule has 1 aromatic rings. The van der Waals surface area contributed by atoms with Gasteiger partial charge in [-0.3, -0.25) is 0 Å². The normalized spacial score (nSPS) is 9.81. The summed E-state index contributed by atoms with van der Waals surface area (Å²) in [4.78, 5) is 10.4. The van der Waals surface area contributed by atoms with Gasteiger partial charge in [-0.05, 0) is 36.0 Å². The van der Waals surface area contributed by atoms with Crippen molar-refractivity contribution in [2.24, 2.45) is 0 Å². The van der Waals surface area contributed by atoms with Gasteiger partial charge >= 0.3 is 65.1 Å². The van der Waals surface area contributed by atoms with Crippen molar-refractivity contribution in [3.05, 3.63) is 29.8 Å². The Kier molecular flexibility index (Phi) is 9.71. The number of nitrogens with one attached hydrogen (secondary N) is 1. The second kappa shape index (κ2) is 8.07. The van der Waals surface area contributed by atoms with Crippen LogP contribution in [0, 0.1) is 0 Å². The van der Waals surface area contributed by atoms with Gasteiger partial charge < -0.3 is 5.11 Å². The molecule has 0 fully saturated rings. The fourth-order valence-corrected chi connectivity index (χ4v) is 1.67. The summed E-state index contributed by atoms with van der Waals surface area (Å²) in [6.07, 6.45) is 0. The Hall–Kier alpha value is 0.890. The molecular formula is C7H8ClNNa2O4S. The number of rotatable bonds is 3. The SMILES string of the molecule is O=C(O)c1ccc(S(=O)(=O)NCl)cc1.[NaH].[NaH]. The first-order valence-electron chi connectivity index (χ1n) is 3.43. The van der Waals surface area contributed by atoms with E-state index in [2.05, 4.69) is 0 Å². The molecule has 0 atom stereocenters. The van der Waals surface area contributed by atoms with E-state index >= 15 is 0 Å². The number of carbonyl (C=O) groups is 1. The van der Waals surface area contributed by atoms with E-state index in [4.69, 9.17) is 16.9 Å². The van der Waals surface area contributed by atoms with Crippen LogP contribution in [-0.4, -0.2) is 78.6 Å². The Balaban J connectivity index is 0. The van der Waals surface area contributed by atoms with E-state index in [1.54, 1.807) is 4.24 Å². The standard InChI is InChI=1S/C7H6ClNO4S.2Na.2H/c8-9-14(12,13)6-3-1-5(2-4-6)7(10)11;;;;/h1-4,9H,(H,10,11);;;;. The quantitative estimate of drug-likeness (QED) is 0.580. The van der Waals surface area contributed by atoms with Gasteiger partial charge in [-0.15, -0.1) is 4.24 Å². The molecule has 0 aliphatic carbocycles. The van der Waals surface area contributed by atoms with Crippen LogP contribution in [0.5, 0.6) is 0 Å². The van der Waals surface area contributed by atoms with Crippen molar-refractivity contribution >= 4 is 86.9 Å². The summed E-state index contributed by atoms with van der Waals surface area (Å²) >= 11 is 4.98. The molecular weight excluding hydrogens is 276 g/mol. The van der Waals surface area contributed by atoms with E-state index < -0.39 is 16.0 Å². The van der Waals surface area contributed by atoms with Crippen molar-refractivity contribution in [2.45, 2.75) is 4.90 Å². The van der Waals surface area contributed by atoms with Gasteiger partial charge in [0.1, 0.15) is 0 Å². The Morgan fingerprint density at radius 2 is 1.62 bits per heavy atom. The molecule has 0 saturated heterocycles. The van der Waals surface area contributed by atoms with Crippen LogP contribution < -0.4 is 4.24 Å². The number of halogens is 1. The molecule has 0 aliphatic heterocycles. The van der Waals surface area contributed by atoms with E-state index in [0.717, 1.165) is 12.1 Å². The summed E-state index contributed by atoms with van der Waals surface area (Å²) in [5.41, 5.74) is 0.0125. The monoisotopic (exact) mass is 283 g/mol. The van der Waals surface area contributed by atoms with E-state index in [9.17, 15) is 13.2 Å². The van der Waals surface area contributed by atoms with E-state index in [-0.39, 0.29) is 69.6 Å². The maximum atomic E-state index is 11.1. The molecule has 9 heteroatoms. The summed E-state index contributed by atoms with van der Waals surface area (Å²) < 4.78 is 23.8. The molecule has 2 N–H and O–H groups in total. The number of carboxylic acid groups (broad SMARTS) is 1. The van der Waals surface area contributed by atoms with Crippen molar-refractivity contribution in [1.82, 2.24) is 4.24 Å². The fourth-order valence-electron chi connectivity index (χ4n) is 0.821. The number of aromatic carboxylic acids is 1. The zero-order valence-corrected chi connectivity index (χ0v) is 8.34. The number of hydrogen-bond acceptors (Lipinski definition) is 3. The van der Waals surface area contributed by atoms with Crippen molar-refractivity contribution in [3.8, 4) is 0 Å². The predicted octanol–water partition coefficient (Wildman–Crippen LogP) is -0.480. The summed E-state index contributed by atoms with van der Waals surface area (Å²) in [6.45, 7) is 0. The average molecular weight is 284 g/mol. The van der Waals surface area contributed by atoms with Gasteiger partial charge in [0.15, 0.2) is 0 Å². The molecule has 1 rings (SSSR count). The molecule has 1 aromatic carbocycles. The van der Waals surface area contributed by atoms with Crippen molar-refractivity contribution in [1.29, 1.82) is 0 Å². The summed E-state index contributed by atoms with van der Waals surface area (Å²) in [5.74, 6) is -1.12. The van der Waals surface area contributed by atoms with Gasteiger partial charge in [-0.2, -0.15) is 0 Å². The third-order valence-corrected chi connectivity index (χ3v) is 3.22. The minimum atomic E-state index is -3.72. The van der Waals surface area contributed by atoms with Crippen LogP contribution >= 0.6 is 11.8 Å². The first-order chi connectivity index (χ1) is 6.47. The molecule has 0 spiro atoms. The first-order valence-corrected chi connectivity index (χ1v) is 5.29. The second-order valence-corrected chi connectivity index (χ2v) is 4.51. The fraction of sp³-hybridized carbons (Fsp3) is 0. The summed E-state index contributed by atoms with van der Waals surface area (Å²) in [6, 6.07) is 4.69. The number of benzene rings is 1. The molecule has 5 nitrogen and oxygen atoms in total. The molecule has 0 heterocycles. The predicted molar refractivity (Wildman–Crippen MR) is 63.9 cm³/mol. The van der Waals surface area contributed by atoms with Crippen LogP contribution in [0.25, 0.3) is 0 Å². The van der Waals surface area contributed by atoms with Crippen LogP contribution in [0.1, 0.15) is 10.4 Å². The van der Waals surface area contributed by atoms with Crippen LogP contribution in [0.4, 0.5) is 0 Å². The summed E-state index contributed by atoms with van der Waals surface area (Å²) in [7, 11) is -3.72. The van der Waals surface area contributed by atoms with Gasteiger partial charge in [-0.1, -0.05) is 0 Å². The Morgan fingerprint density at radius 1 is 1.19 bits per heavy atom. The average Bonchev–Trinajstić information content (AvgIpc) is 2.18. The molecule has 0 saturated carbocycles. The number of sulfonamides is 1. The van der Waals surface area contributed by atoms with Gasteiger partial charge in [0.05, 0.1) is 10.5 Å². The molecule has 0 amide bonds.